The SMILES string of the molecule is CC(C)c1ccccc1Oc1c(F)cc(C(N)=S)cc1F. The number of hydrogen-bond acceptors (Lipinski definition) is 2. The molecule has 0 aromatic heterocycles. The van der Waals surface area contributed by atoms with Crippen LogP contribution in [0.3, 0.4) is 0 Å². The standard InChI is InChI=1S/C16H15F2NOS/c1-9(2)11-5-3-4-6-14(11)20-15-12(17)7-10(16(19)21)8-13(15)18/h3-9H,1-2H3,(H2,19,21). The average molecular weight is 307 g/mol. The molecule has 0 amide bonds. The van der Waals surface area contributed by atoms with Gasteiger partial charge in [0.1, 0.15) is 10.7 Å². The highest BCUT2D eigenvalue weighted by atomic mass is 32.1. The predicted octanol–water partition coefficient (Wildman–Crippen LogP) is 4.51. The van der Waals surface area contributed by atoms with Crippen molar-refractivity contribution in [2.24, 2.45) is 5.73 Å². The number of thiocarbonyl (C=S) groups is 1. The van der Waals surface area contributed by atoms with E-state index in [1.54, 1.807) is 12.1 Å². The molecule has 0 fully saturated rings. The minimum absolute atomic E-state index is 0.0677. The van der Waals surface area contributed by atoms with E-state index in [0.717, 1.165) is 17.7 Å². The number of ether oxygens (including phenoxy) is 1. The molecule has 2 nitrogen and oxygen atoms in total. The molecule has 0 aliphatic carbocycles. The summed E-state index contributed by atoms with van der Waals surface area (Å²) in [7, 11) is 0. The Balaban J connectivity index is 2.43. The number of nitrogens with two attached hydrogens (primary N) is 1. The zero-order chi connectivity index (χ0) is 15.6. The fourth-order valence-electron chi connectivity index (χ4n) is 1.96. The van der Waals surface area contributed by atoms with Crippen molar-refractivity contribution in [3.05, 3.63) is 59.2 Å². The predicted molar refractivity (Wildman–Crippen MR) is 82.9 cm³/mol. The molecular weight excluding hydrogens is 292 g/mol. The van der Waals surface area contributed by atoms with Gasteiger partial charge in [0, 0.05) is 5.56 Å². The van der Waals surface area contributed by atoms with Gasteiger partial charge in [-0.2, -0.15) is 0 Å². The third-order valence-corrected chi connectivity index (χ3v) is 3.27. The maximum atomic E-state index is 14.0. The first-order valence-electron chi connectivity index (χ1n) is 6.45. The topological polar surface area (TPSA) is 35.2 Å². The summed E-state index contributed by atoms with van der Waals surface area (Å²) in [4.78, 5) is -0.0677. The van der Waals surface area contributed by atoms with E-state index >= 15 is 0 Å². The summed E-state index contributed by atoms with van der Waals surface area (Å²) in [6.45, 7) is 3.95. The van der Waals surface area contributed by atoms with Crippen molar-refractivity contribution in [1.29, 1.82) is 0 Å². The van der Waals surface area contributed by atoms with Crippen molar-refractivity contribution in [1.82, 2.24) is 0 Å². The number of halogens is 2. The molecule has 2 aromatic carbocycles. The van der Waals surface area contributed by atoms with Gasteiger partial charge in [0.25, 0.3) is 0 Å². The molecule has 2 N–H and O–H groups in total. The normalized spacial score (nSPS) is 10.7. The Hall–Kier alpha value is -2.01. The second-order valence-electron chi connectivity index (χ2n) is 4.93. The van der Waals surface area contributed by atoms with Gasteiger partial charge in [-0.05, 0) is 29.7 Å². The fraction of sp³-hybridized carbons (Fsp3) is 0.188. The number of rotatable bonds is 4. The molecule has 2 rings (SSSR count). The van der Waals surface area contributed by atoms with E-state index in [9.17, 15) is 8.78 Å². The zero-order valence-electron chi connectivity index (χ0n) is 11.7. The van der Waals surface area contributed by atoms with Gasteiger partial charge in [0.15, 0.2) is 17.4 Å². The first-order valence-corrected chi connectivity index (χ1v) is 6.86. The Morgan fingerprint density at radius 2 is 1.71 bits per heavy atom. The van der Waals surface area contributed by atoms with Crippen molar-refractivity contribution >= 4 is 17.2 Å². The largest absolute Gasteiger partial charge is 0.451 e. The smallest absolute Gasteiger partial charge is 0.198 e. The first kappa shape index (κ1) is 15.4. The summed E-state index contributed by atoms with van der Waals surface area (Å²) >= 11 is 4.71. The van der Waals surface area contributed by atoms with Gasteiger partial charge in [0.2, 0.25) is 0 Å². The zero-order valence-corrected chi connectivity index (χ0v) is 12.5. The van der Waals surface area contributed by atoms with Crippen LogP contribution in [0.4, 0.5) is 8.78 Å². The van der Waals surface area contributed by atoms with E-state index < -0.39 is 17.4 Å². The van der Waals surface area contributed by atoms with E-state index in [0.29, 0.717) is 5.75 Å². The second kappa shape index (κ2) is 6.18. The van der Waals surface area contributed by atoms with Crippen LogP contribution in [-0.2, 0) is 0 Å². The molecule has 0 saturated heterocycles. The maximum absolute atomic E-state index is 14.0. The number of hydrogen-bond donors (Lipinski definition) is 1. The summed E-state index contributed by atoms with van der Waals surface area (Å²) in [5, 5.41) is 0. The molecular formula is C16H15F2NOS. The lowest BCUT2D eigenvalue weighted by atomic mass is 10.0. The summed E-state index contributed by atoms with van der Waals surface area (Å²) in [5.74, 6) is -1.53. The van der Waals surface area contributed by atoms with Gasteiger partial charge in [-0.1, -0.05) is 44.3 Å². The van der Waals surface area contributed by atoms with Gasteiger partial charge in [-0.3, -0.25) is 0 Å². The van der Waals surface area contributed by atoms with Gasteiger partial charge in [0.05, 0.1) is 0 Å². The minimum Gasteiger partial charge on any atom is -0.451 e. The Morgan fingerprint density at radius 1 is 1.14 bits per heavy atom. The van der Waals surface area contributed by atoms with E-state index in [1.807, 2.05) is 26.0 Å². The van der Waals surface area contributed by atoms with E-state index in [-0.39, 0.29) is 16.5 Å². The molecule has 0 heterocycles. The number of benzene rings is 2. The lowest BCUT2D eigenvalue weighted by Crippen LogP contribution is -2.10. The molecule has 0 unspecified atom stereocenters. The fourth-order valence-corrected chi connectivity index (χ4v) is 2.08. The van der Waals surface area contributed by atoms with Crippen LogP contribution in [0, 0.1) is 11.6 Å². The molecule has 0 aliphatic rings. The van der Waals surface area contributed by atoms with Crippen LogP contribution in [0.25, 0.3) is 0 Å². The van der Waals surface area contributed by atoms with E-state index in [1.165, 1.54) is 0 Å². The van der Waals surface area contributed by atoms with Gasteiger partial charge < -0.3 is 10.5 Å². The highest BCUT2D eigenvalue weighted by Crippen LogP contribution is 2.33. The Bertz CT molecular complexity index is 663. The average Bonchev–Trinajstić information content (AvgIpc) is 2.42. The molecule has 0 aliphatic heterocycles. The van der Waals surface area contributed by atoms with Crippen LogP contribution in [0.2, 0.25) is 0 Å². The Morgan fingerprint density at radius 3 is 2.24 bits per heavy atom. The van der Waals surface area contributed by atoms with Crippen LogP contribution in [-0.4, -0.2) is 4.99 Å². The molecule has 21 heavy (non-hydrogen) atoms. The first-order chi connectivity index (χ1) is 9.90. The molecule has 0 radical (unpaired) electrons. The molecule has 0 saturated carbocycles. The monoisotopic (exact) mass is 307 g/mol. The van der Waals surface area contributed by atoms with Crippen molar-refractivity contribution in [3.8, 4) is 11.5 Å². The summed E-state index contributed by atoms with van der Waals surface area (Å²) < 4.78 is 33.5. The molecule has 0 spiro atoms. The van der Waals surface area contributed by atoms with Gasteiger partial charge in [-0.25, -0.2) is 8.78 Å². The lowest BCUT2D eigenvalue weighted by molar-refractivity contribution is 0.402. The third-order valence-electron chi connectivity index (χ3n) is 3.04. The molecule has 2 aromatic rings. The van der Waals surface area contributed by atoms with Crippen LogP contribution < -0.4 is 10.5 Å². The molecule has 0 bridgehead atoms. The summed E-state index contributed by atoms with van der Waals surface area (Å²) in [6, 6.07) is 9.28. The van der Waals surface area contributed by atoms with Gasteiger partial charge >= 0.3 is 0 Å². The highest BCUT2D eigenvalue weighted by molar-refractivity contribution is 7.80. The summed E-state index contributed by atoms with van der Waals surface area (Å²) in [6.07, 6.45) is 0. The third kappa shape index (κ3) is 3.36. The summed E-state index contributed by atoms with van der Waals surface area (Å²) in [5.41, 5.74) is 6.37. The Labute approximate surface area is 127 Å². The Kier molecular flexibility index (Phi) is 4.53. The van der Waals surface area contributed by atoms with Crippen LogP contribution in [0.15, 0.2) is 36.4 Å². The molecule has 5 heteroatoms. The van der Waals surface area contributed by atoms with Gasteiger partial charge in [-0.15, -0.1) is 0 Å². The quantitative estimate of drug-likeness (QED) is 0.844. The van der Waals surface area contributed by atoms with E-state index in [4.69, 9.17) is 22.7 Å². The second-order valence-corrected chi connectivity index (χ2v) is 5.37. The van der Waals surface area contributed by atoms with Crippen LogP contribution in [0.5, 0.6) is 11.5 Å². The minimum atomic E-state index is -0.837. The van der Waals surface area contributed by atoms with Crippen LogP contribution in [0.1, 0.15) is 30.9 Å². The van der Waals surface area contributed by atoms with Crippen LogP contribution >= 0.6 is 12.2 Å². The maximum Gasteiger partial charge on any atom is 0.198 e. The number of para-hydroxylation sites is 1. The van der Waals surface area contributed by atoms with Crippen molar-refractivity contribution in [2.45, 2.75) is 19.8 Å². The molecule has 0 atom stereocenters. The molecule has 110 valence electrons. The lowest BCUT2D eigenvalue weighted by Gasteiger charge is -2.15. The highest BCUT2D eigenvalue weighted by Gasteiger charge is 2.17. The van der Waals surface area contributed by atoms with Crippen molar-refractivity contribution in [3.63, 3.8) is 0 Å². The van der Waals surface area contributed by atoms with Crippen molar-refractivity contribution in [2.75, 3.05) is 0 Å². The van der Waals surface area contributed by atoms with E-state index in [2.05, 4.69) is 0 Å². The van der Waals surface area contributed by atoms with Crippen molar-refractivity contribution < 1.29 is 13.5 Å².